The lowest BCUT2D eigenvalue weighted by atomic mass is 9.85. The van der Waals surface area contributed by atoms with Crippen LogP contribution >= 0.6 is 0 Å². The van der Waals surface area contributed by atoms with Crippen LogP contribution in [0.1, 0.15) is 32.3 Å². The molecule has 132 valence electrons. The summed E-state index contributed by atoms with van der Waals surface area (Å²) in [7, 11) is 0. The van der Waals surface area contributed by atoms with Crippen molar-refractivity contribution in [2.45, 2.75) is 51.2 Å². The minimum Gasteiger partial charge on any atom is -0.480 e. The number of nitrogens with one attached hydrogen (secondary N) is 2. The van der Waals surface area contributed by atoms with E-state index in [2.05, 4.69) is 15.6 Å². The molecule has 1 aromatic heterocycles. The van der Waals surface area contributed by atoms with E-state index < -0.39 is 5.97 Å². The lowest BCUT2D eigenvalue weighted by Crippen LogP contribution is -2.57. The first kappa shape index (κ1) is 18.2. The first-order chi connectivity index (χ1) is 11.5. The number of hydrogen-bond donors (Lipinski definition) is 3. The molecule has 1 atom stereocenters. The number of pyridine rings is 1. The third-order valence-electron chi connectivity index (χ3n) is 4.38. The molecule has 7 heteroatoms. The summed E-state index contributed by atoms with van der Waals surface area (Å²) in [4.78, 5) is 28.8. The van der Waals surface area contributed by atoms with E-state index in [1.807, 2.05) is 30.9 Å². The van der Waals surface area contributed by atoms with Crippen molar-refractivity contribution >= 4 is 12.0 Å². The van der Waals surface area contributed by atoms with Crippen LogP contribution in [0.4, 0.5) is 4.79 Å². The van der Waals surface area contributed by atoms with Gasteiger partial charge in [0.05, 0.1) is 6.54 Å². The van der Waals surface area contributed by atoms with Crippen molar-refractivity contribution in [1.29, 1.82) is 0 Å². The van der Waals surface area contributed by atoms with Crippen LogP contribution in [0.3, 0.4) is 0 Å². The van der Waals surface area contributed by atoms with Crippen LogP contribution in [0.15, 0.2) is 24.5 Å². The smallest absolute Gasteiger partial charge is 0.317 e. The van der Waals surface area contributed by atoms with Gasteiger partial charge in [0.1, 0.15) is 0 Å². The van der Waals surface area contributed by atoms with Crippen molar-refractivity contribution in [3.8, 4) is 0 Å². The number of amides is 2. The van der Waals surface area contributed by atoms with E-state index in [4.69, 9.17) is 5.11 Å². The Balaban J connectivity index is 1.68. The first-order valence-electron chi connectivity index (χ1n) is 8.39. The van der Waals surface area contributed by atoms with Crippen LogP contribution in [0.5, 0.6) is 0 Å². The number of carbonyl (C=O) groups is 2. The van der Waals surface area contributed by atoms with Crippen molar-refractivity contribution in [2.24, 2.45) is 0 Å². The standard InChI is InChI=1S/C17H26N4O3/c1-3-21(11-16(22)23)15-9-14(10-15)20-17(24)19-12(2)8-13-4-6-18-7-5-13/h4-7,12,14-15H,3,8-11H2,1-2H3,(H,22,23)(H2,19,20,24). The number of carbonyl (C=O) groups excluding carboxylic acids is 1. The summed E-state index contributed by atoms with van der Waals surface area (Å²) < 4.78 is 0. The molecule has 0 aromatic carbocycles. The van der Waals surface area contributed by atoms with Crippen LogP contribution in [-0.4, -0.2) is 58.2 Å². The summed E-state index contributed by atoms with van der Waals surface area (Å²) in [6, 6.07) is 4.10. The Morgan fingerprint density at radius 2 is 2.04 bits per heavy atom. The predicted octanol–water partition coefficient (Wildman–Crippen LogP) is 1.25. The molecule has 2 amide bonds. The SMILES string of the molecule is CCN(CC(=O)O)C1CC(NC(=O)NC(C)Cc2ccncc2)C1. The van der Waals surface area contributed by atoms with E-state index in [0.717, 1.165) is 24.8 Å². The fraction of sp³-hybridized carbons (Fsp3) is 0.588. The second-order valence-corrected chi connectivity index (χ2v) is 6.36. The highest BCUT2D eigenvalue weighted by Crippen LogP contribution is 2.25. The minimum atomic E-state index is -0.809. The highest BCUT2D eigenvalue weighted by molar-refractivity contribution is 5.74. The predicted molar refractivity (Wildman–Crippen MR) is 90.8 cm³/mol. The number of likely N-dealkylation sites (N-methyl/N-ethyl adjacent to an activating group) is 1. The number of aliphatic carboxylic acids is 1. The quantitative estimate of drug-likeness (QED) is 0.665. The molecule has 1 aliphatic rings. The van der Waals surface area contributed by atoms with Crippen molar-refractivity contribution in [3.63, 3.8) is 0 Å². The van der Waals surface area contributed by atoms with Crippen molar-refractivity contribution in [1.82, 2.24) is 20.5 Å². The molecule has 1 heterocycles. The molecule has 0 aliphatic heterocycles. The van der Waals surface area contributed by atoms with Gasteiger partial charge in [-0.1, -0.05) is 6.92 Å². The summed E-state index contributed by atoms with van der Waals surface area (Å²) in [5, 5.41) is 14.8. The molecule has 2 rings (SSSR count). The van der Waals surface area contributed by atoms with Gasteiger partial charge < -0.3 is 15.7 Å². The van der Waals surface area contributed by atoms with Crippen LogP contribution in [0.2, 0.25) is 0 Å². The Labute approximate surface area is 142 Å². The minimum absolute atomic E-state index is 0.0300. The van der Waals surface area contributed by atoms with E-state index >= 15 is 0 Å². The largest absolute Gasteiger partial charge is 0.480 e. The van der Waals surface area contributed by atoms with Gasteiger partial charge in [0.2, 0.25) is 0 Å². The first-order valence-corrected chi connectivity index (χ1v) is 8.39. The Kier molecular flexibility index (Phi) is 6.54. The Bertz CT molecular complexity index is 546. The molecule has 24 heavy (non-hydrogen) atoms. The van der Waals surface area contributed by atoms with E-state index in [0.29, 0.717) is 6.54 Å². The normalized spacial score (nSPS) is 21.0. The van der Waals surface area contributed by atoms with Gasteiger partial charge in [0.25, 0.3) is 0 Å². The highest BCUT2D eigenvalue weighted by atomic mass is 16.4. The fourth-order valence-corrected chi connectivity index (χ4v) is 3.05. The molecule has 0 bridgehead atoms. The van der Waals surface area contributed by atoms with Crippen molar-refractivity contribution in [3.05, 3.63) is 30.1 Å². The molecule has 3 N–H and O–H groups in total. The summed E-state index contributed by atoms with van der Waals surface area (Å²) >= 11 is 0. The van der Waals surface area contributed by atoms with E-state index in [-0.39, 0.29) is 30.7 Å². The number of nitrogens with zero attached hydrogens (tertiary/aromatic N) is 2. The second-order valence-electron chi connectivity index (χ2n) is 6.36. The monoisotopic (exact) mass is 334 g/mol. The van der Waals surface area contributed by atoms with Gasteiger partial charge in [-0.25, -0.2) is 4.79 Å². The second kappa shape index (κ2) is 8.63. The number of hydrogen-bond acceptors (Lipinski definition) is 4. The maximum absolute atomic E-state index is 12.0. The maximum Gasteiger partial charge on any atom is 0.317 e. The fourth-order valence-electron chi connectivity index (χ4n) is 3.05. The third kappa shape index (κ3) is 5.49. The molecule has 1 aliphatic carbocycles. The maximum atomic E-state index is 12.0. The molecule has 1 saturated carbocycles. The van der Waals surface area contributed by atoms with Crippen LogP contribution in [0, 0.1) is 0 Å². The van der Waals surface area contributed by atoms with Gasteiger partial charge in [-0.2, -0.15) is 0 Å². The van der Waals surface area contributed by atoms with Crippen LogP contribution in [-0.2, 0) is 11.2 Å². The van der Waals surface area contributed by atoms with E-state index in [1.54, 1.807) is 12.4 Å². The zero-order valence-electron chi connectivity index (χ0n) is 14.2. The Hall–Kier alpha value is -2.15. The average molecular weight is 334 g/mol. The molecule has 0 radical (unpaired) electrons. The Morgan fingerprint density at radius 3 is 2.62 bits per heavy atom. The molecule has 0 saturated heterocycles. The molecule has 7 nitrogen and oxygen atoms in total. The number of rotatable bonds is 8. The molecule has 1 aromatic rings. The summed E-state index contributed by atoms with van der Waals surface area (Å²) in [6.07, 6.45) is 5.84. The zero-order valence-corrected chi connectivity index (χ0v) is 14.2. The van der Waals surface area contributed by atoms with Gasteiger partial charge in [-0.3, -0.25) is 14.7 Å². The number of urea groups is 1. The number of carboxylic acid groups (broad SMARTS) is 1. The third-order valence-corrected chi connectivity index (χ3v) is 4.38. The van der Waals surface area contributed by atoms with Gasteiger partial charge in [-0.15, -0.1) is 0 Å². The topological polar surface area (TPSA) is 94.6 Å². The molecule has 0 spiro atoms. The average Bonchev–Trinajstić information content (AvgIpc) is 2.49. The molecule has 1 fully saturated rings. The number of aromatic nitrogens is 1. The van der Waals surface area contributed by atoms with Crippen LogP contribution in [0.25, 0.3) is 0 Å². The zero-order chi connectivity index (χ0) is 17.5. The summed E-state index contributed by atoms with van der Waals surface area (Å²) in [5.74, 6) is -0.809. The van der Waals surface area contributed by atoms with Crippen LogP contribution < -0.4 is 10.6 Å². The lowest BCUT2D eigenvalue weighted by Gasteiger charge is -2.42. The summed E-state index contributed by atoms with van der Waals surface area (Å²) in [6.45, 7) is 4.69. The summed E-state index contributed by atoms with van der Waals surface area (Å²) in [5.41, 5.74) is 1.13. The van der Waals surface area contributed by atoms with Gasteiger partial charge in [0, 0.05) is 30.5 Å². The number of carboxylic acids is 1. The van der Waals surface area contributed by atoms with Gasteiger partial charge in [0.15, 0.2) is 0 Å². The van der Waals surface area contributed by atoms with E-state index in [9.17, 15) is 9.59 Å². The lowest BCUT2D eigenvalue weighted by molar-refractivity contribution is -0.139. The molecular weight excluding hydrogens is 308 g/mol. The van der Waals surface area contributed by atoms with Crippen molar-refractivity contribution in [2.75, 3.05) is 13.1 Å². The molecular formula is C17H26N4O3. The van der Waals surface area contributed by atoms with Gasteiger partial charge in [-0.05, 0) is 50.4 Å². The highest BCUT2D eigenvalue weighted by Gasteiger charge is 2.34. The Morgan fingerprint density at radius 1 is 1.38 bits per heavy atom. The van der Waals surface area contributed by atoms with E-state index in [1.165, 1.54) is 0 Å². The van der Waals surface area contributed by atoms with Gasteiger partial charge >= 0.3 is 12.0 Å². The molecule has 1 unspecified atom stereocenters. The van der Waals surface area contributed by atoms with Crippen molar-refractivity contribution < 1.29 is 14.7 Å².